The second-order valence-corrected chi connectivity index (χ2v) is 7.01. The van der Waals surface area contributed by atoms with Crippen LogP contribution in [-0.2, 0) is 13.5 Å². The average Bonchev–Trinajstić information content (AvgIpc) is 2.75. The summed E-state index contributed by atoms with van der Waals surface area (Å²) in [6.45, 7) is 2.05. The highest BCUT2D eigenvalue weighted by Gasteiger charge is 2.17. The van der Waals surface area contributed by atoms with Crippen LogP contribution in [-0.4, -0.2) is 10.6 Å². The van der Waals surface area contributed by atoms with E-state index >= 15 is 0 Å². The van der Waals surface area contributed by atoms with E-state index in [0.29, 0.717) is 0 Å². The van der Waals surface area contributed by atoms with Gasteiger partial charge in [0.05, 0.1) is 10.0 Å². The highest BCUT2D eigenvalue weighted by Crippen LogP contribution is 2.39. The van der Waals surface area contributed by atoms with Gasteiger partial charge in [0.25, 0.3) is 0 Å². The summed E-state index contributed by atoms with van der Waals surface area (Å²) in [4.78, 5) is 1.07. The number of halogens is 1. The molecule has 0 saturated heterocycles. The molecule has 2 aromatic carbocycles. The fourth-order valence-corrected chi connectivity index (χ4v) is 4.05. The standard InChI is InChI=1S/C18H19ClN2S/c1-12(20)11-14-13-7-3-5-9-16(13)21(2)18(14)22-17-10-6-4-8-15(17)19/h3-10,12H,11,20H2,1-2H3. The van der Waals surface area contributed by atoms with Gasteiger partial charge in [0, 0.05) is 28.9 Å². The van der Waals surface area contributed by atoms with Crippen molar-refractivity contribution < 1.29 is 0 Å². The monoisotopic (exact) mass is 330 g/mol. The minimum atomic E-state index is 0.122. The van der Waals surface area contributed by atoms with Crippen molar-refractivity contribution in [3.8, 4) is 0 Å². The van der Waals surface area contributed by atoms with Crippen molar-refractivity contribution in [1.29, 1.82) is 0 Å². The Balaban J connectivity index is 2.15. The summed E-state index contributed by atoms with van der Waals surface area (Å²) in [6, 6.07) is 16.5. The van der Waals surface area contributed by atoms with E-state index in [1.54, 1.807) is 11.8 Å². The molecule has 0 aliphatic carbocycles. The van der Waals surface area contributed by atoms with Crippen molar-refractivity contribution in [2.45, 2.75) is 29.3 Å². The summed E-state index contributed by atoms with van der Waals surface area (Å²) in [7, 11) is 2.10. The summed E-state index contributed by atoms with van der Waals surface area (Å²) in [5, 5.41) is 3.27. The van der Waals surface area contributed by atoms with Gasteiger partial charge in [-0.15, -0.1) is 0 Å². The average molecular weight is 331 g/mol. The van der Waals surface area contributed by atoms with Gasteiger partial charge >= 0.3 is 0 Å². The lowest BCUT2D eigenvalue weighted by Crippen LogP contribution is -2.18. The van der Waals surface area contributed by atoms with Gasteiger partial charge < -0.3 is 10.3 Å². The Morgan fingerprint density at radius 3 is 2.55 bits per heavy atom. The first kappa shape index (κ1) is 15.5. The zero-order chi connectivity index (χ0) is 15.7. The van der Waals surface area contributed by atoms with Crippen LogP contribution in [0.15, 0.2) is 58.5 Å². The summed E-state index contributed by atoms with van der Waals surface area (Å²) in [5.74, 6) is 0. The third-order valence-electron chi connectivity index (χ3n) is 3.72. The molecule has 4 heteroatoms. The number of rotatable bonds is 4. The van der Waals surface area contributed by atoms with Crippen LogP contribution in [0.2, 0.25) is 5.02 Å². The van der Waals surface area contributed by atoms with Gasteiger partial charge in [0.15, 0.2) is 0 Å². The van der Waals surface area contributed by atoms with Gasteiger partial charge in [0.2, 0.25) is 0 Å². The molecule has 1 aromatic heterocycles. The van der Waals surface area contributed by atoms with Crippen molar-refractivity contribution in [3.05, 3.63) is 59.1 Å². The molecule has 0 spiro atoms. The van der Waals surface area contributed by atoms with Crippen LogP contribution in [0.4, 0.5) is 0 Å². The first-order valence-electron chi connectivity index (χ1n) is 7.32. The molecule has 1 atom stereocenters. The van der Waals surface area contributed by atoms with E-state index in [4.69, 9.17) is 17.3 Å². The highest BCUT2D eigenvalue weighted by molar-refractivity contribution is 7.99. The molecule has 1 heterocycles. The van der Waals surface area contributed by atoms with Gasteiger partial charge in [-0.3, -0.25) is 0 Å². The van der Waals surface area contributed by atoms with Crippen LogP contribution in [0.25, 0.3) is 10.9 Å². The predicted octanol–water partition coefficient (Wildman–Crippen LogP) is 4.87. The number of hydrogen-bond acceptors (Lipinski definition) is 2. The Hall–Kier alpha value is -1.42. The lowest BCUT2D eigenvalue weighted by Gasteiger charge is -2.10. The Kier molecular flexibility index (Phi) is 4.48. The number of aromatic nitrogens is 1. The molecule has 0 aliphatic rings. The number of aryl methyl sites for hydroxylation is 1. The minimum Gasteiger partial charge on any atom is -0.338 e. The van der Waals surface area contributed by atoms with E-state index in [-0.39, 0.29) is 6.04 Å². The molecule has 2 N–H and O–H groups in total. The van der Waals surface area contributed by atoms with E-state index in [2.05, 4.69) is 41.9 Å². The van der Waals surface area contributed by atoms with E-state index in [1.807, 2.05) is 25.1 Å². The molecule has 0 bridgehead atoms. The van der Waals surface area contributed by atoms with Gasteiger partial charge in [-0.05, 0) is 37.1 Å². The lowest BCUT2D eigenvalue weighted by atomic mass is 10.1. The Labute approximate surface area is 140 Å². The molecule has 0 saturated carbocycles. The second-order valence-electron chi connectivity index (χ2n) is 5.57. The van der Waals surface area contributed by atoms with Crippen molar-refractivity contribution in [3.63, 3.8) is 0 Å². The maximum absolute atomic E-state index is 6.33. The van der Waals surface area contributed by atoms with Crippen LogP contribution in [0.1, 0.15) is 12.5 Å². The summed E-state index contributed by atoms with van der Waals surface area (Å²) in [6.07, 6.45) is 0.855. The smallest absolute Gasteiger partial charge is 0.0838 e. The first-order chi connectivity index (χ1) is 10.6. The highest BCUT2D eigenvalue weighted by atomic mass is 35.5. The second kappa shape index (κ2) is 6.37. The SMILES string of the molecule is CC(N)Cc1c(Sc2ccccc2Cl)n(C)c2ccccc12. The minimum absolute atomic E-state index is 0.122. The third-order valence-corrected chi connectivity index (χ3v) is 5.45. The molecule has 2 nitrogen and oxygen atoms in total. The zero-order valence-corrected chi connectivity index (χ0v) is 14.3. The normalized spacial score (nSPS) is 12.7. The van der Waals surface area contributed by atoms with Crippen molar-refractivity contribution in [1.82, 2.24) is 4.57 Å². The van der Waals surface area contributed by atoms with Gasteiger partial charge in [-0.1, -0.05) is 53.7 Å². The van der Waals surface area contributed by atoms with E-state index in [1.165, 1.54) is 21.5 Å². The number of para-hydroxylation sites is 1. The summed E-state index contributed by atoms with van der Waals surface area (Å²) in [5.41, 5.74) is 8.61. The topological polar surface area (TPSA) is 30.9 Å². The quantitative estimate of drug-likeness (QED) is 0.739. The van der Waals surface area contributed by atoms with Crippen molar-refractivity contribution in [2.24, 2.45) is 12.8 Å². The maximum Gasteiger partial charge on any atom is 0.0838 e. The number of benzene rings is 2. The van der Waals surface area contributed by atoms with E-state index in [0.717, 1.165) is 16.3 Å². The van der Waals surface area contributed by atoms with Gasteiger partial charge in [-0.2, -0.15) is 0 Å². The summed E-state index contributed by atoms with van der Waals surface area (Å²) >= 11 is 8.04. The molecular formula is C18H19ClN2S. The molecule has 3 rings (SSSR count). The third kappa shape index (κ3) is 2.89. The number of nitrogens with two attached hydrogens (primary N) is 1. The number of hydrogen-bond donors (Lipinski definition) is 1. The Morgan fingerprint density at radius 1 is 1.14 bits per heavy atom. The molecular weight excluding hydrogens is 312 g/mol. The summed E-state index contributed by atoms with van der Waals surface area (Å²) < 4.78 is 2.24. The predicted molar refractivity (Wildman–Crippen MR) is 95.8 cm³/mol. The molecule has 3 aromatic rings. The van der Waals surface area contributed by atoms with E-state index in [9.17, 15) is 0 Å². The van der Waals surface area contributed by atoms with Crippen LogP contribution >= 0.6 is 23.4 Å². The van der Waals surface area contributed by atoms with Crippen LogP contribution < -0.4 is 5.73 Å². The van der Waals surface area contributed by atoms with Crippen LogP contribution in [0.5, 0.6) is 0 Å². The first-order valence-corrected chi connectivity index (χ1v) is 8.51. The van der Waals surface area contributed by atoms with Crippen molar-refractivity contribution >= 4 is 34.3 Å². The molecule has 0 aliphatic heterocycles. The van der Waals surface area contributed by atoms with Gasteiger partial charge in [-0.25, -0.2) is 0 Å². The van der Waals surface area contributed by atoms with Crippen LogP contribution in [0.3, 0.4) is 0 Å². The number of nitrogens with zero attached hydrogens (tertiary/aromatic N) is 1. The zero-order valence-electron chi connectivity index (χ0n) is 12.7. The Morgan fingerprint density at radius 2 is 1.82 bits per heavy atom. The van der Waals surface area contributed by atoms with Crippen molar-refractivity contribution in [2.75, 3.05) is 0 Å². The molecule has 0 fully saturated rings. The largest absolute Gasteiger partial charge is 0.338 e. The van der Waals surface area contributed by atoms with Gasteiger partial charge in [0.1, 0.15) is 0 Å². The molecule has 0 radical (unpaired) electrons. The lowest BCUT2D eigenvalue weighted by molar-refractivity contribution is 0.718. The molecule has 22 heavy (non-hydrogen) atoms. The fourth-order valence-electron chi connectivity index (χ4n) is 2.73. The molecule has 114 valence electrons. The molecule has 0 amide bonds. The fraction of sp³-hybridized carbons (Fsp3) is 0.222. The van der Waals surface area contributed by atoms with E-state index < -0.39 is 0 Å². The van der Waals surface area contributed by atoms with Crippen LogP contribution in [0, 0.1) is 0 Å². The Bertz CT molecular complexity index is 808. The number of fused-ring (bicyclic) bond motifs is 1. The maximum atomic E-state index is 6.33. The molecule has 1 unspecified atom stereocenters.